The Labute approximate surface area is 125 Å². The van der Waals surface area contributed by atoms with E-state index in [9.17, 15) is 13.2 Å². The number of methoxy groups -OCH3 is 1. The Bertz CT molecular complexity index is 649. The molecule has 0 heterocycles. The summed E-state index contributed by atoms with van der Waals surface area (Å²) in [6.45, 7) is 7.07. The number of amides is 1. The van der Waals surface area contributed by atoms with Crippen molar-refractivity contribution in [2.75, 3.05) is 12.4 Å². The smallest absolute Gasteiger partial charge is 0.256 e. The molecule has 0 bridgehead atoms. The van der Waals surface area contributed by atoms with E-state index in [4.69, 9.17) is 9.88 Å². The highest BCUT2D eigenvalue weighted by molar-refractivity contribution is 7.89. The van der Waals surface area contributed by atoms with Crippen LogP contribution in [-0.4, -0.2) is 27.0 Å². The van der Waals surface area contributed by atoms with Crippen molar-refractivity contribution in [3.05, 3.63) is 23.3 Å². The molecular weight excluding hydrogens is 292 g/mol. The van der Waals surface area contributed by atoms with E-state index in [-0.39, 0.29) is 10.8 Å². The second-order valence-corrected chi connectivity index (χ2v) is 6.76. The molecule has 0 aliphatic carbocycles. The highest BCUT2D eigenvalue weighted by Gasteiger charge is 2.31. The van der Waals surface area contributed by atoms with Gasteiger partial charge in [0, 0.05) is 12.8 Å². The molecule has 0 aromatic heterocycles. The zero-order valence-corrected chi connectivity index (χ0v) is 13.8. The average molecular weight is 314 g/mol. The molecule has 0 radical (unpaired) electrons. The molecule has 1 atom stereocenters. The van der Waals surface area contributed by atoms with Crippen molar-refractivity contribution in [3.63, 3.8) is 0 Å². The van der Waals surface area contributed by atoms with Crippen LogP contribution in [0.2, 0.25) is 0 Å². The van der Waals surface area contributed by atoms with Crippen molar-refractivity contribution in [3.8, 4) is 0 Å². The SMILES string of the molecule is CCC(C)(OC)C(=O)Nc1cc(S(N)(=O)=O)cc(C)c1C. The maximum absolute atomic E-state index is 12.3. The average Bonchev–Trinajstić information content (AvgIpc) is 2.41. The van der Waals surface area contributed by atoms with Crippen LogP contribution in [0, 0.1) is 13.8 Å². The molecule has 1 aromatic rings. The number of sulfonamides is 1. The van der Waals surface area contributed by atoms with Gasteiger partial charge in [0.15, 0.2) is 0 Å². The van der Waals surface area contributed by atoms with Gasteiger partial charge in [-0.15, -0.1) is 0 Å². The van der Waals surface area contributed by atoms with Crippen LogP contribution in [0.5, 0.6) is 0 Å². The first-order valence-corrected chi connectivity index (χ1v) is 8.10. The van der Waals surface area contributed by atoms with Crippen LogP contribution < -0.4 is 10.5 Å². The van der Waals surface area contributed by atoms with Crippen LogP contribution in [0.25, 0.3) is 0 Å². The second kappa shape index (κ2) is 6.13. The van der Waals surface area contributed by atoms with Crippen LogP contribution in [0.3, 0.4) is 0 Å². The fourth-order valence-corrected chi connectivity index (χ4v) is 2.40. The van der Waals surface area contributed by atoms with Crippen molar-refractivity contribution >= 4 is 21.6 Å². The first kappa shape index (κ1) is 17.6. The van der Waals surface area contributed by atoms with E-state index in [0.29, 0.717) is 12.1 Å². The van der Waals surface area contributed by atoms with Crippen LogP contribution in [-0.2, 0) is 19.6 Å². The van der Waals surface area contributed by atoms with Crippen molar-refractivity contribution in [1.82, 2.24) is 0 Å². The number of hydrogen-bond acceptors (Lipinski definition) is 4. The van der Waals surface area contributed by atoms with Crippen LogP contribution >= 0.6 is 0 Å². The minimum atomic E-state index is -3.83. The number of anilines is 1. The van der Waals surface area contributed by atoms with Crippen LogP contribution in [0.4, 0.5) is 5.69 Å². The van der Waals surface area contributed by atoms with Crippen LogP contribution in [0.1, 0.15) is 31.4 Å². The van der Waals surface area contributed by atoms with E-state index in [1.54, 1.807) is 20.8 Å². The first-order valence-electron chi connectivity index (χ1n) is 6.56. The molecule has 0 fully saturated rings. The van der Waals surface area contributed by atoms with E-state index in [2.05, 4.69) is 5.32 Å². The molecule has 3 N–H and O–H groups in total. The quantitative estimate of drug-likeness (QED) is 0.864. The zero-order chi connectivity index (χ0) is 16.4. The normalized spacial score (nSPS) is 14.6. The van der Waals surface area contributed by atoms with E-state index >= 15 is 0 Å². The Morgan fingerprint density at radius 2 is 1.95 bits per heavy atom. The number of rotatable bonds is 5. The molecule has 21 heavy (non-hydrogen) atoms. The summed E-state index contributed by atoms with van der Waals surface area (Å²) in [5.74, 6) is -0.332. The van der Waals surface area contributed by atoms with Gasteiger partial charge in [-0.05, 0) is 50.5 Å². The highest BCUT2D eigenvalue weighted by Crippen LogP contribution is 2.25. The van der Waals surface area contributed by atoms with Gasteiger partial charge in [0.2, 0.25) is 10.0 Å². The molecule has 0 aliphatic rings. The summed E-state index contributed by atoms with van der Waals surface area (Å²) in [5.41, 5.74) is 0.955. The molecular formula is C14H22N2O4S. The monoisotopic (exact) mass is 314 g/mol. The first-order chi connectivity index (χ1) is 9.55. The van der Waals surface area contributed by atoms with Gasteiger partial charge in [0.1, 0.15) is 5.60 Å². The number of hydrogen-bond donors (Lipinski definition) is 2. The minimum Gasteiger partial charge on any atom is -0.369 e. The number of nitrogens with one attached hydrogen (secondary N) is 1. The fourth-order valence-electron chi connectivity index (χ4n) is 1.77. The van der Waals surface area contributed by atoms with Gasteiger partial charge in [-0.2, -0.15) is 0 Å². The van der Waals surface area contributed by atoms with Crippen molar-refractivity contribution in [1.29, 1.82) is 0 Å². The van der Waals surface area contributed by atoms with Crippen molar-refractivity contribution in [2.24, 2.45) is 5.14 Å². The molecule has 0 saturated heterocycles. The summed E-state index contributed by atoms with van der Waals surface area (Å²) in [7, 11) is -2.37. The Morgan fingerprint density at radius 1 is 1.38 bits per heavy atom. The number of nitrogens with two attached hydrogens (primary N) is 1. The summed E-state index contributed by atoms with van der Waals surface area (Å²) in [4.78, 5) is 12.3. The zero-order valence-electron chi connectivity index (χ0n) is 13.0. The Morgan fingerprint density at radius 3 is 2.38 bits per heavy atom. The van der Waals surface area contributed by atoms with Gasteiger partial charge in [-0.25, -0.2) is 13.6 Å². The third-order valence-corrected chi connectivity index (χ3v) is 4.72. The lowest BCUT2D eigenvalue weighted by Gasteiger charge is -2.26. The van der Waals surface area contributed by atoms with Crippen molar-refractivity contribution in [2.45, 2.75) is 44.6 Å². The maximum atomic E-state index is 12.3. The number of benzene rings is 1. The standard InChI is InChI=1S/C14H22N2O4S/c1-6-14(4,20-5)13(17)16-12-8-11(21(15,18)19)7-9(2)10(12)3/h7-8H,6H2,1-5H3,(H,16,17)(H2,15,18,19). The molecule has 1 rings (SSSR count). The van der Waals surface area contributed by atoms with E-state index in [1.807, 2.05) is 6.92 Å². The molecule has 0 spiro atoms. The van der Waals surface area contributed by atoms with Gasteiger partial charge < -0.3 is 10.1 Å². The Kier molecular flexibility index (Phi) is 5.14. The number of carbonyl (C=O) groups excluding carboxylic acids is 1. The topological polar surface area (TPSA) is 98.5 Å². The minimum absolute atomic E-state index is 0.0310. The summed E-state index contributed by atoms with van der Waals surface area (Å²) < 4.78 is 28.2. The van der Waals surface area contributed by atoms with E-state index in [0.717, 1.165) is 11.1 Å². The highest BCUT2D eigenvalue weighted by atomic mass is 32.2. The summed E-state index contributed by atoms with van der Waals surface area (Å²) in [5, 5.41) is 7.87. The van der Waals surface area contributed by atoms with Crippen molar-refractivity contribution < 1.29 is 17.9 Å². The largest absolute Gasteiger partial charge is 0.369 e. The van der Waals surface area contributed by atoms with Gasteiger partial charge in [-0.1, -0.05) is 6.92 Å². The Hall–Kier alpha value is -1.44. The fraction of sp³-hybridized carbons (Fsp3) is 0.500. The third kappa shape index (κ3) is 3.81. The lowest BCUT2D eigenvalue weighted by atomic mass is 10.0. The number of carbonyl (C=O) groups is 1. The molecule has 0 aliphatic heterocycles. The van der Waals surface area contributed by atoms with E-state index in [1.165, 1.54) is 19.2 Å². The maximum Gasteiger partial charge on any atom is 0.256 e. The summed E-state index contributed by atoms with van der Waals surface area (Å²) in [6.07, 6.45) is 0.488. The third-order valence-electron chi connectivity index (χ3n) is 3.82. The van der Waals surface area contributed by atoms with Gasteiger partial charge in [0.05, 0.1) is 4.90 Å². The predicted molar refractivity (Wildman–Crippen MR) is 81.6 cm³/mol. The van der Waals surface area contributed by atoms with Crippen LogP contribution in [0.15, 0.2) is 17.0 Å². The number of aryl methyl sites for hydroxylation is 1. The van der Waals surface area contributed by atoms with E-state index < -0.39 is 15.6 Å². The second-order valence-electron chi connectivity index (χ2n) is 5.20. The summed E-state index contributed by atoms with van der Waals surface area (Å²) >= 11 is 0. The molecule has 1 aromatic carbocycles. The number of ether oxygens (including phenoxy) is 1. The predicted octanol–water partition coefficient (Wildman–Crippen LogP) is 1.70. The molecule has 7 heteroatoms. The molecule has 1 unspecified atom stereocenters. The van der Waals surface area contributed by atoms with Gasteiger partial charge in [-0.3, -0.25) is 4.79 Å². The number of primary sulfonamides is 1. The molecule has 118 valence electrons. The molecule has 0 saturated carbocycles. The summed E-state index contributed by atoms with van der Waals surface area (Å²) in [6, 6.07) is 2.84. The van der Waals surface area contributed by atoms with Gasteiger partial charge >= 0.3 is 0 Å². The Balaban J connectivity index is 3.26. The lowest BCUT2D eigenvalue weighted by molar-refractivity contribution is -0.136. The molecule has 6 nitrogen and oxygen atoms in total. The molecule has 1 amide bonds. The lowest BCUT2D eigenvalue weighted by Crippen LogP contribution is -2.41. The van der Waals surface area contributed by atoms with Gasteiger partial charge in [0.25, 0.3) is 5.91 Å².